The lowest BCUT2D eigenvalue weighted by Crippen LogP contribution is -2.36. The second-order valence-corrected chi connectivity index (χ2v) is 8.09. The molecule has 0 aliphatic carbocycles. The molecule has 0 radical (unpaired) electrons. The summed E-state index contributed by atoms with van der Waals surface area (Å²) in [5.74, 6) is 0.834. The van der Waals surface area contributed by atoms with Crippen LogP contribution < -0.4 is 5.32 Å². The van der Waals surface area contributed by atoms with E-state index < -0.39 is 0 Å². The quantitative estimate of drug-likeness (QED) is 0.908. The lowest BCUT2D eigenvalue weighted by molar-refractivity contribution is 0.239. The highest BCUT2D eigenvalue weighted by molar-refractivity contribution is 7.12. The van der Waals surface area contributed by atoms with Gasteiger partial charge in [0.2, 0.25) is 0 Å². The molecular formula is C16H28N2S. The fourth-order valence-corrected chi connectivity index (χ4v) is 3.86. The number of thiophene rings is 1. The molecule has 0 amide bonds. The van der Waals surface area contributed by atoms with E-state index in [1.165, 1.54) is 42.2 Å². The van der Waals surface area contributed by atoms with Gasteiger partial charge < -0.3 is 10.2 Å². The van der Waals surface area contributed by atoms with Crippen molar-refractivity contribution in [3.8, 4) is 0 Å². The Morgan fingerprint density at radius 1 is 1.37 bits per heavy atom. The van der Waals surface area contributed by atoms with Crippen molar-refractivity contribution in [2.24, 2.45) is 5.92 Å². The van der Waals surface area contributed by atoms with E-state index in [0.29, 0.717) is 0 Å². The zero-order valence-corrected chi connectivity index (χ0v) is 13.6. The smallest absolute Gasteiger partial charge is 0.0325 e. The van der Waals surface area contributed by atoms with E-state index in [0.717, 1.165) is 12.5 Å². The van der Waals surface area contributed by atoms with Gasteiger partial charge in [0, 0.05) is 22.8 Å². The summed E-state index contributed by atoms with van der Waals surface area (Å²) in [5, 5.41) is 3.50. The van der Waals surface area contributed by atoms with E-state index in [-0.39, 0.29) is 5.41 Å². The molecule has 19 heavy (non-hydrogen) atoms. The topological polar surface area (TPSA) is 15.3 Å². The summed E-state index contributed by atoms with van der Waals surface area (Å²) in [6.07, 6.45) is 2.72. The Hall–Kier alpha value is -0.380. The van der Waals surface area contributed by atoms with Gasteiger partial charge in [-0.3, -0.25) is 0 Å². The number of hydrogen-bond acceptors (Lipinski definition) is 3. The van der Waals surface area contributed by atoms with E-state index in [4.69, 9.17) is 0 Å². The summed E-state index contributed by atoms with van der Waals surface area (Å²) in [6.45, 7) is 11.6. The number of hydrogen-bond donors (Lipinski definition) is 1. The van der Waals surface area contributed by atoms with Crippen molar-refractivity contribution >= 4 is 11.3 Å². The minimum atomic E-state index is 0.286. The number of piperidine rings is 1. The van der Waals surface area contributed by atoms with Gasteiger partial charge in [0.15, 0.2) is 0 Å². The Bertz CT molecular complexity index is 386. The molecule has 108 valence electrons. The number of rotatable bonds is 4. The molecule has 0 aromatic carbocycles. The van der Waals surface area contributed by atoms with Crippen molar-refractivity contribution in [2.45, 2.75) is 45.6 Å². The Morgan fingerprint density at radius 3 is 2.74 bits per heavy atom. The minimum Gasteiger partial charge on any atom is -0.316 e. The van der Waals surface area contributed by atoms with E-state index >= 15 is 0 Å². The first-order valence-corrected chi connectivity index (χ1v) is 8.25. The van der Waals surface area contributed by atoms with Gasteiger partial charge in [0.1, 0.15) is 0 Å². The predicted octanol–water partition coefficient (Wildman–Crippen LogP) is 3.48. The average molecular weight is 280 g/mol. The van der Waals surface area contributed by atoms with E-state index in [1.807, 2.05) is 11.3 Å². The first-order valence-electron chi connectivity index (χ1n) is 7.43. The van der Waals surface area contributed by atoms with Crippen LogP contribution in [0.3, 0.4) is 0 Å². The van der Waals surface area contributed by atoms with Crippen LogP contribution in [0, 0.1) is 5.92 Å². The first kappa shape index (κ1) is 15.0. The van der Waals surface area contributed by atoms with Gasteiger partial charge in [-0.2, -0.15) is 0 Å². The number of nitrogens with one attached hydrogen (secondary N) is 1. The Morgan fingerprint density at radius 2 is 2.16 bits per heavy atom. The van der Waals surface area contributed by atoms with Crippen LogP contribution >= 0.6 is 11.3 Å². The molecule has 3 heteroatoms. The second-order valence-electron chi connectivity index (χ2n) is 6.93. The molecule has 2 nitrogen and oxygen atoms in total. The van der Waals surface area contributed by atoms with Gasteiger partial charge in [-0.15, -0.1) is 11.3 Å². The highest BCUT2D eigenvalue weighted by atomic mass is 32.1. The summed E-state index contributed by atoms with van der Waals surface area (Å²) >= 11 is 1.97. The van der Waals surface area contributed by atoms with Gasteiger partial charge in [-0.05, 0) is 56.4 Å². The monoisotopic (exact) mass is 280 g/mol. The molecule has 1 aliphatic rings. The minimum absolute atomic E-state index is 0.286. The molecule has 1 saturated heterocycles. The predicted molar refractivity (Wildman–Crippen MR) is 84.9 cm³/mol. The molecule has 0 saturated carbocycles. The molecule has 2 rings (SSSR count). The largest absolute Gasteiger partial charge is 0.316 e. The SMILES string of the molecule is CN(Cc1ccc(C(C)(C)C)s1)CC1CCCNC1. The molecule has 1 fully saturated rings. The van der Waals surface area contributed by atoms with Gasteiger partial charge in [0.05, 0.1) is 0 Å². The lowest BCUT2D eigenvalue weighted by atomic mass is 9.95. The molecule has 2 heterocycles. The van der Waals surface area contributed by atoms with Crippen LogP contribution in [0.1, 0.15) is 43.4 Å². The fourth-order valence-electron chi connectivity index (χ4n) is 2.72. The fraction of sp³-hybridized carbons (Fsp3) is 0.750. The first-order chi connectivity index (χ1) is 8.95. The van der Waals surface area contributed by atoms with Crippen LogP contribution in [0.5, 0.6) is 0 Å². The van der Waals surface area contributed by atoms with Crippen molar-refractivity contribution < 1.29 is 0 Å². The lowest BCUT2D eigenvalue weighted by Gasteiger charge is -2.27. The van der Waals surface area contributed by atoms with Crippen molar-refractivity contribution in [2.75, 3.05) is 26.7 Å². The zero-order valence-electron chi connectivity index (χ0n) is 12.8. The molecule has 1 aromatic heterocycles. The maximum atomic E-state index is 3.50. The summed E-state index contributed by atoms with van der Waals surface area (Å²) in [5.41, 5.74) is 0.286. The third kappa shape index (κ3) is 4.59. The van der Waals surface area contributed by atoms with E-state index in [9.17, 15) is 0 Å². The zero-order chi connectivity index (χ0) is 13.9. The van der Waals surface area contributed by atoms with Crippen molar-refractivity contribution in [1.29, 1.82) is 0 Å². The van der Waals surface area contributed by atoms with E-state index in [2.05, 4.69) is 50.2 Å². The highest BCUT2D eigenvalue weighted by Gasteiger charge is 2.18. The molecular weight excluding hydrogens is 252 g/mol. The van der Waals surface area contributed by atoms with Crippen molar-refractivity contribution in [3.05, 3.63) is 21.9 Å². The molecule has 0 spiro atoms. The summed E-state index contributed by atoms with van der Waals surface area (Å²) < 4.78 is 0. The van der Waals surface area contributed by atoms with Crippen LogP contribution in [0.15, 0.2) is 12.1 Å². The molecule has 1 N–H and O–H groups in total. The summed E-state index contributed by atoms with van der Waals surface area (Å²) in [6, 6.07) is 4.61. The van der Waals surface area contributed by atoms with Crippen LogP contribution in [0.25, 0.3) is 0 Å². The van der Waals surface area contributed by atoms with Crippen LogP contribution in [0.4, 0.5) is 0 Å². The van der Waals surface area contributed by atoms with Crippen LogP contribution in [-0.4, -0.2) is 31.6 Å². The van der Waals surface area contributed by atoms with Crippen molar-refractivity contribution in [3.63, 3.8) is 0 Å². The third-order valence-corrected chi connectivity index (χ3v) is 5.29. The van der Waals surface area contributed by atoms with Crippen LogP contribution in [-0.2, 0) is 12.0 Å². The Kier molecular flexibility index (Phi) is 5.04. The van der Waals surface area contributed by atoms with Gasteiger partial charge in [0.25, 0.3) is 0 Å². The maximum absolute atomic E-state index is 3.50. The van der Waals surface area contributed by atoms with Gasteiger partial charge >= 0.3 is 0 Å². The van der Waals surface area contributed by atoms with Gasteiger partial charge in [-0.25, -0.2) is 0 Å². The Labute approximate surface area is 122 Å². The molecule has 0 bridgehead atoms. The van der Waals surface area contributed by atoms with Crippen LogP contribution in [0.2, 0.25) is 0 Å². The van der Waals surface area contributed by atoms with Gasteiger partial charge in [-0.1, -0.05) is 20.8 Å². The highest BCUT2D eigenvalue weighted by Crippen LogP contribution is 2.30. The normalized spacial score (nSPS) is 21.0. The summed E-state index contributed by atoms with van der Waals surface area (Å²) in [7, 11) is 2.26. The third-order valence-electron chi connectivity index (χ3n) is 3.80. The molecule has 1 aliphatic heterocycles. The van der Waals surface area contributed by atoms with E-state index in [1.54, 1.807) is 0 Å². The number of nitrogens with zero attached hydrogens (tertiary/aromatic N) is 1. The summed E-state index contributed by atoms with van der Waals surface area (Å²) in [4.78, 5) is 5.47. The second kappa shape index (κ2) is 6.38. The molecule has 1 unspecified atom stereocenters. The Balaban J connectivity index is 1.84. The average Bonchev–Trinajstić information content (AvgIpc) is 2.78. The molecule has 1 atom stereocenters. The maximum Gasteiger partial charge on any atom is 0.0325 e. The standard InChI is InChI=1S/C16H28N2S/c1-16(2,3)15-8-7-14(19-15)12-18(4)11-13-6-5-9-17-10-13/h7-8,13,17H,5-6,9-12H2,1-4H3. The molecule has 1 aromatic rings. The van der Waals surface area contributed by atoms with Crippen molar-refractivity contribution in [1.82, 2.24) is 10.2 Å².